The Kier molecular flexibility index (Phi) is 7.36. The van der Waals surface area contributed by atoms with E-state index in [-0.39, 0.29) is 37.2 Å². The van der Waals surface area contributed by atoms with Gasteiger partial charge in [-0.2, -0.15) is 0 Å². The van der Waals surface area contributed by atoms with Crippen molar-refractivity contribution in [2.24, 2.45) is 17.1 Å². The van der Waals surface area contributed by atoms with Gasteiger partial charge in [0.15, 0.2) is 9.84 Å². The Bertz CT molecular complexity index is 437. The van der Waals surface area contributed by atoms with Crippen molar-refractivity contribution in [2.75, 3.05) is 18.9 Å². The number of carbonyl (C=O) groups excluding carboxylic acids is 1. The molecule has 0 radical (unpaired) electrons. The SMILES string of the molecule is CCOC(=O)C(CN)(CCS(=O)(=O)C(C)(C)C)CC(C)C. The predicted molar refractivity (Wildman–Crippen MR) is 85.7 cm³/mol. The van der Waals surface area contributed by atoms with Crippen LogP contribution >= 0.6 is 0 Å². The van der Waals surface area contributed by atoms with Gasteiger partial charge in [-0.15, -0.1) is 0 Å². The fourth-order valence-electron chi connectivity index (χ4n) is 2.26. The molecule has 0 saturated carbocycles. The quantitative estimate of drug-likeness (QED) is 0.692. The minimum Gasteiger partial charge on any atom is -0.466 e. The number of carbonyl (C=O) groups is 1. The molecule has 0 aliphatic rings. The van der Waals surface area contributed by atoms with Crippen LogP contribution in [0.5, 0.6) is 0 Å². The van der Waals surface area contributed by atoms with Crippen molar-refractivity contribution in [3.8, 4) is 0 Å². The van der Waals surface area contributed by atoms with Gasteiger partial charge in [-0.05, 0) is 46.5 Å². The maximum absolute atomic E-state index is 12.3. The molecular formula is C15H31NO4S. The topological polar surface area (TPSA) is 86.5 Å². The van der Waals surface area contributed by atoms with Crippen LogP contribution in [0.4, 0.5) is 0 Å². The summed E-state index contributed by atoms with van der Waals surface area (Å²) in [5.74, 6) is -0.209. The molecule has 0 aliphatic heterocycles. The summed E-state index contributed by atoms with van der Waals surface area (Å²) in [6, 6.07) is 0. The largest absolute Gasteiger partial charge is 0.466 e. The normalized spacial score (nSPS) is 15.8. The Balaban J connectivity index is 5.29. The van der Waals surface area contributed by atoms with Crippen molar-refractivity contribution in [3.63, 3.8) is 0 Å². The van der Waals surface area contributed by atoms with Crippen molar-refractivity contribution in [1.82, 2.24) is 0 Å². The van der Waals surface area contributed by atoms with Gasteiger partial charge >= 0.3 is 5.97 Å². The molecule has 2 N–H and O–H groups in total. The first-order chi connectivity index (χ1) is 9.42. The molecule has 0 saturated heterocycles. The second kappa shape index (κ2) is 7.58. The molecule has 21 heavy (non-hydrogen) atoms. The Labute approximate surface area is 129 Å². The van der Waals surface area contributed by atoms with E-state index in [1.54, 1.807) is 27.7 Å². The van der Waals surface area contributed by atoms with E-state index in [1.165, 1.54) is 0 Å². The minimum atomic E-state index is -3.29. The van der Waals surface area contributed by atoms with E-state index in [1.807, 2.05) is 13.8 Å². The highest BCUT2D eigenvalue weighted by Gasteiger charge is 2.41. The van der Waals surface area contributed by atoms with Crippen molar-refractivity contribution >= 4 is 15.8 Å². The van der Waals surface area contributed by atoms with Gasteiger partial charge in [-0.1, -0.05) is 13.8 Å². The molecule has 0 heterocycles. The molecule has 0 fully saturated rings. The maximum Gasteiger partial charge on any atom is 0.313 e. The minimum absolute atomic E-state index is 0.0563. The molecule has 1 atom stereocenters. The van der Waals surface area contributed by atoms with E-state index >= 15 is 0 Å². The second-order valence-corrected chi connectivity index (χ2v) is 9.85. The van der Waals surface area contributed by atoms with Crippen molar-refractivity contribution in [3.05, 3.63) is 0 Å². The Morgan fingerprint density at radius 2 is 1.76 bits per heavy atom. The van der Waals surface area contributed by atoms with E-state index in [0.717, 1.165) is 0 Å². The summed E-state index contributed by atoms with van der Waals surface area (Å²) in [5.41, 5.74) is 4.92. The monoisotopic (exact) mass is 321 g/mol. The number of ether oxygens (including phenoxy) is 1. The molecule has 0 aliphatic carbocycles. The molecule has 0 bridgehead atoms. The highest BCUT2D eigenvalue weighted by molar-refractivity contribution is 7.92. The first-order valence-corrected chi connectivity index (χ1v) is 9.16. The Morgan fingerprint density at radius 3 is 2.10 bits per heavy atom. The van der Waals surface area contributed by atoms with Crippen molar-refractivity contribution in [2.45, 2.75) is 59.1 Å². The van der Waals surface area contributed by atoms with Crippen LogP contribution in [-0.4, -0.2) is 38.0 Å². The summed E-state index contributed by atoms with van der Waals surface area (Å²) in [6.45, 7) is 11.1. The van der Waals surface area contributed by atoms with Gasteiger partial charge < -0.3 is 10.5 Å². The van der Waals surface area contributed by atoms with Gasteiger partial charge in [0.05, 0.1) is 22.5 Å². The molecule has 0 aromatic carbocycles. The van der Waals surface area contributed by atoms with Crippen molar-refractivity contribution in [1.29, 1.82) is 0 Å². The van der Waals surface area contributed by atoms with Crippen LogP contribution in [0.15, 0.2) is 0 Å². The standard InChI is InChI=1S/C15H31NO4S/c1-7-20-13(17)15(11-16,10-12(2)3)8-9-21(18,19)14(4,5)6/h12H,7-11,16H2,1-6H3. The molecular weight excluding hydrogens is 290 g/mol. The Morgan fingerprint density at radius 1 is 1.24 bits per heavy atom. The smallest absolute Gasteiger partial charge is 0.313 e. The molecule has 1 unspecified atom stereocenters. The third-order valence-electron chi connectivity index (χ3n) is 3.68. The zero-order chi connectivity index (χ0) is 16.9. The fourth-order valence-corrected chi connectivity index (χ4v) is 3.53. The van der Waals surface area contributed by atoms with Crippen molar-refractivity contribution < 1.29 is 17.9 Å². The summed E-state index contributed by atoms with van der Waals surface area (Å²) in [5, 5.41) is 0. The Hall–Kier alpha value is -0.620. The van der Waals surface area contributed by atoms with Gasteiger partial charge in [0, 0.05) is 6.54 Å². The van der Waals surface area contributed by atoms with Crippen LogP contribution < -0.4 is 5.73 Å². The van der Waals surface area contributed by atoms with E-state index in [4.69, 9.17) is 10.5 Å². The second-order valence-electron chi connectivity index (χ2n) is 6.98. The highest BCUT2D eigenvalue weighted by atomic mass is 32.2. The lowest BCUT2D eigenvalue weighted by atomic mass is 9.78. The van der Waals surface area contributed by atoms with Crippen LogP contribution in [0, 0.1) is 11.3 Å². The van der Waals surface area contributed by atoms with Gasteiger partial charge in [-0.3, -0.25) is 4.79 Å². The van der Waals surface area contributed by atoms with Crippen LogP contribution in [0.3, 0.4) is 0 Å². The zero-order valence-corrected chi connectivity index (χ0v) is 15.0. The van der Waals surface area contributed by atoms with Crippen LogP contribution in [0.25, 0.3) is 0 Å². The fraction of sp³-hybridized carbons (Fsp3) is 0.933. The number of nitrogens with two attached hydrogens (primary N) is 1. The number of hydrogen-bond donors (Lipinski definition) is 1. The van der Waals surface area contributed by atoms with Crippen LogP contribution in [-0.2, 0) is 19.4 Å². The molecule has 5 nitrogen and oxygen atoms in total. The van der Waals surface area contributed by atoms with E-state index in [0.29, 0.717) is 6.42 Å². The average Bonchev–Trinajstić information content (AvgIpc) is 2.33. The summed E-state index contributed by atoms with van der Waals surface area (Å²) >= 11 is 0. The van der Waals surface area contributed by atoms with E-state index in [9.17, 15) is 13.2 Å². The number of hydrogen-bond acceptors (Lipinski definition) is 5. The van der Waals surface area contributed by atoms with E-state index < -0.39 is 20.0 Å². The molecule has 0 rings (SSSR count). The van der Waals surface area contributed by atoms with Gasteiger partial charge in [0.25, 0.3) is 0 Å². The van der Waals surface area contributed by atoms with Crippen LogP contribution in [0.1, 0.15) is 54.4 Å². The third kappa shape index (κ3) is 5.58. The van der Waals surface area contributed by atoms with Crippen LogP contribution in [0.2, 0.25) is 0 Å². The maximum atomic E-state index is 12.3. The van der Waals surface area contributed by atoms with Gasteiger partial charge in [0.1, 0.15) is 0 Å². The summed E-state index contributed by atoms with van der Waals surface area (Å²) in [4.78, 5) is 12.3. The van der Waals surface area contributed by atoms with Gasteiger partial charge in [-0.25, -0.2) is 8.42 Å². The number of sulfone groups is 1. The molecule has 0 aromatic heterocycles. The summed E-state index contributed by atoms with van der Waals surface area (Å²) in [6.07, 6.45) is 0.738. The summed E-state index contributed by atoms with van der Waals surface area (Å²) in [7, 11) is -3.29. The molecule has 6 heteroatoms. The predicted octanol–water partition coefficient (Wildman–Crippen LogP) is 2.14. The lowest BCUT2D eigenvalue weighted by Gasteiger charge is -2.32. The molecule has 0 spiro atoms. The average molecular weight is 321 g/mol. The number of esters is 1. The number of rotatable bonds is 8. The first kappa shape index (κ1) is 20.4. The van der Waals surface area contributed by atoms with Gasteiger partial charge in [0.2, 0.25) is 0 Å². The zero-order valence-electron chi connectivity index (χ0n) is 14.2. The summed E-state index contributed by atoms with van der Waals surface area (Å²) < 4.78 is 28.9. The first-order valence-electron chi connectivity index (χ1n) is 7.51. The third-order valence-corrected chi connectivity index (χ3v) is 6.29. The van der Waals surface area contributed by atoms with E-state index in [2.05, 4.69) is 0 Å². The lowest BCUT2D eigenvalue weighted by Crippen LogP contribution is -2.44. The highest BCUT2D eigenvalue weighted by Crippen LogP contribution is 2.33. The molecule has 0 amide bonds. The molecule has 126 valence electrons. The molecule has 0 aromatic rings. The lowest BCUT2D eigenvalue weighted by molar-refractivity contribution is -0.156.